The second-order valence-electron chi connectivity index (χ2n) is 4.84. The number of halogens is 2. The van der Waals surface area contributed by atoms with Crippen molar-refractivity contribution >= 4 is 11.9 Å². The summed E-state index contributed by atoms with van der Waals surface area (Å²) in [5, 5.41) is 0. The first-order chi connectivity index (χ1) is 10.5. The molecule has 0 bridgehead atoms. The van der Waals surface area contributed by atoms with Crippen LogP contribution in [-0.4, -0.2) is 18.5 Å². The van der Waals surface area contributed by atoms with Gasteiger partial charge in [0.15, 0.2) is 0 Å². The van der Waals surface area contributed by atoms with Gasteiger partial charge in [0.1, 0.15) is 17.7 Å². The van der Waals surface area contributed by atoms with Crippen molar-refractivity contribution < 1.29 is 27.8 Å². The summed E-state index contributed by atoms with van der Waals surface area (Å²) in [7, 11) is 0. The number of ether oxygens (including phenoxy) is 2. The van der Waals surface area contributed by atoms with Crippen molar-refractivity contribution in [2.45, 2.75) is 45.6 Å². The van der Waals surface area contributed by atoms with Gasteiger partial charge < -0.3 is 9.47 Å². The number of hydrogen-bond acceptors (Lipinski definition) is 4. The SMILES string of the molecule is CCCCOC(=O)CCC(=O)OC(C)c1c(F)cccc1F. The minimum absolute atomic E-state index is 0.116. The van der Waals surface area contributed by atoms with Crippen LogP contribution in [0.5, 0.6) is 0 Å². The summed E-state index contributed by atoms with van der Waals surface area (Å²) >= 11 is 0. The van der Waals surface area contributed by atoms with Crippen LogP contribution in [0.15, 0.2) is 18.2 Å². The molecule has 0 fully saturated rings. The van der Waals surface area contributed by atoms with E-state index < -0.39 is 29.7 Å². The van der Waals surface area contributed by atoms with Crippen LogP contribution < -0.4 is 0 Å². The molecule has 1 aromatic carbocycles. The van der Waals surface area contributed by atoms with Crippen molar-refractivity contribution in [1.29, 1.82) is 0 Å². The Kier molecular flexibility index (Phi) is 7.49. The summed E-state index contributed by atoms with van der Waals surface area (Å²) in [6.07, 6.45) is 0.297. The normalized spacial score (nSPS) is 11.8. The molecule has 1 rings (SSSR count). The highest BCUT2D eigenvalue weighted by molar-refractivity contribution is 5.77. The molecule has 6 heteroatoms. The molecule has 0 saturated carbocycles. The molecule has 0 saturated heterocycles. The Balaban J connectivity index is 2.43. The Labute approximate surface area is 128 Å². The monoisotopic (exact) mass is 314 g/mol. The second kappa shape index (κ2) is 9.12. The van der Waals surface area contributed by atoms with E-state index in [9.17, 15) is 18.4 Å². The number of esters is 2. The smallest absolute Gasteiger partial charge is 0.306 e. The van der Waals surface area contributed by atoms with Gasteiger partial charge in [0.05, 0.1) is 25.0 Å². The summed E-state index contributed by atoms with van der Waals surface area (Å²) in [6.45, 7) is 3.66. The highest BCUT2D eigenvalue weighted by Crippen LogP contribution is 2.23. The lowest BCUT2D eigenvalue weighted by Crippen LogP contribution is -2.14. The van der Waals surface area contributed by atoms with Gasteiger partial charge in [-0.1, -0.05) is 19.4 Å². The molecule has 22 heavy (non-hydrogen) atoms. The molecule has 0 aromatic heterocycles. The number of rotatable bonds is 8. The fraction of sp³-hybridized carbons (Fsp3) is 0.500. The van der Waals surface area contributed by atoms with Gasteiger partial charge in [0.25, 0.3) is 0 Å². The Morgan fingerprint density at radius 1 is 1.14 bits per heavy atom. The highest BCUT2D eigenvalue weighted by atomic mass is 19.1. The van der Waals surface area contributed by atoms with Crippen LogP contribution in [-0.2, 0) is 19.1 Å². The van der Waals surface area contributed by atoms with E-state index in [1.54, 1.807) is 0 Å². The summed E-state index contributed by atoms with van der Waals surface area (Å²) < 4.78 is 36.9. The lowest BCUT2D eigenvalue weighted by atomic mass is 10.1. The molecule has 0 aliphatic heterocycles. The maximum Gasteiger partial charge on any atom is 0.306 e. The molecule has 1 aromatic rings. The maximum atomic E-state index is 13.5. The van der Waals surface area contributed by atoms with Crippen molar-refractivity contribution in [3.05, 3.63) is 35.4 Å². The molecule has 0 N–H and O–H groups in total. The lowest BCUT2D eigenvalue weighted by Gasteiger charge is -2.15. The Bertz CT molecular complexity index is 497. The molecule has 0 aliphatic rings. The number of hydrogen-bond donors (Lipinski definition) is 0. The topological polar surface area (TPSA) is 52.6 Å². The van der Waals surface area contributed by atoms with E-state index in [-0.39, 0.29) is 18.4 Å². The molecular formula is C16H20F2O4. The van der Waals surface area contributed by atoms with E-state index in [2.05, 4.69) is 0 Å². The van der Waals surface area contributed by atoms with Gasteiger partial charge >= 0.3 is 11.9 Å². The Morgan fingerprint density at radius 2 is 1.73 bits per heavy atom. The zero-order chi connectivity index (χ0) is 16.5. The van der Waals surface area contributed by atoms with Gasteiger partial charge in [-0.2, -0.15) is 0 Å². The minimum atomic E-state index is -1.06. The van der Waals surface area contributed by atoms with Crippen molar-refractivity contribution in [3.8, 4) is 0 Å². The number of carbonyl (C=O) groups is 2. The van der Waals surface area contributed by atoms with Crippen LogP contribution >= 0.6 is 0 Å². The third-order valence-corrected chi connectivity index (χ3v) is 3.01. The van der Waals surface area contributed by atoms with Gasteiger partial charge in [-0.05, 0) is 25.5 Å². The molecule has 4 nitrogen and oxygen atoms in total. The van der Waals surface area contributed by atoms with Gasteiger partial charge in [-0.25, -0.2) is 8.78 Å². The fourth-order valence-corrected chi connectivity index (χ4v) is 1.82. The number of carbonyl (C=O) groups excluding carboxylic acids is 2. The predicted molar refractivity (Wildman–Crippen MR) is 76.0 cm³/mol. The van der Waals surface area contributed by atoms with Crippen molar-refractivity contribution in [2.75, 3.05) is 6.61 Å². The molecule has 0 aliphatic carbocycles. The highest BCUT2D eigenvalue weighted by Gasteiger charge is 2.20. The quantitative estimate of drug-likeness (QED) is 0.542. The third kappa shape index (κ3) is 5.79. The summed E-state index contributed by atoms with van der Waals surface area (Å²) in [5.74, 6) is -2.75. The molecule has 0 radical (unpaired) electrons. The third-order valence-electron chi connectivity index (χ3n) is 3.01. The molecule has 1 unspecified atom stereocenters. The first-order valence-electron chi connectivity index (χ1n) is 7.24. The van der Waals surface area contributed by atoms with Crippen LogP contribution in [0.4, 0.5) is 8.78 Å². The van der Waals surface area contributed by atoms with E-state index >= 15 is 0 Å². The van der Waals surface area contributed by atoms with E-state index in [1.807, 2.05) is 6.92 Å². The van der Waals surface area contributed by atoms with E-state index in [4.69, 9.17) is 9.47 Å². The van der Waals surface area contributed by atoms with Crippen molar-refractivity contribution in [1.82, 2.24) is 0 Å². The Hall–Kier alpha value is -1.98. The van der Waals surface area contributed by atoms with Crippen LogP contribution in [0.25, 0.3) is 0 Å². The van der Waals surface area contributed by atoms with Gasteiger partial charge in [-0.3, -0.25) is 9.59 Å². The zero-order valence-electron chi connectivity index (χ0n) is 12.7. The van der Waals surface area contributed by atoms with E-state index in [0.29, 0.717) is 6.61 Å². The van der Waals surface area contributed by atoms with Crippen LogP contribution in [0.2, 0.25) is 0 Å². The zero-order valence-corrected chi connectivity index (χ0v) is 12.7. The molecule has 0 spiro atoms. The van der Waals surface area contributed by atoms with Gasteiger partial charge in [0.2, 0.25) is 0 Å². The number of benzene rings is 1. The summed E-state index contributed by atoms with van der Waals surface area (Å²) in [4.78, 5) is 22.9. The van der Waals surface area contributed by atoms with Crippen LogP contribution in [0, 0.1) is 11.6 Å². The van der Waals surface area contributed by atoms with Crippen LogP contribution in [0.1, 0.15) is 51.2 Å². The Morgan fingerprint density at radius 3 is 2.32 bits per heavy atom. The van der Waals surface area contributed by atoms with Crippen molar-refractivity contribution in [2.24, 2.45) is 0 Å². The second-order valence-corrected chi connectivity index (χ2v) is 4.84. The first kappa shape index (κ1) is 18.1. The standard InChI is InChI=1S/C16H20F2O4/c1-3-4-10-21-14(19)8-9-15(20)22-11(2)16-12(17)6-5-7-13(16)18/h5-7,11H,3-4,8-10H2,1-2H3. The minimum Gasteiger partial charge on any atom is -0.466 e. The van der Waals surface area contributed by atoms with Crippen molar-refractivity contribution in [3.63, 3.8) is 0 Å². The molecular weight excluding hydrogens is 294 g/mol. The van der Waals surface area contributed by atoms with E-state index in [1.165, 1.54) is 13.0 Å². The largest absolute Gasteiger partial charge is 0.466 e. The molecule has 1 atom stereocenters. The summed E-state index contributed by atoms with van der Waals surface area (Å²) in [5.41, 5.74) is -0.304. The van der Waals surface area contributed by atoms with E-state index in [0.717, 1.165) is 25.0 Å². The average Bonchev–Trinajstić information content (AvgIpc) is 2.45. The average molecular weight is 314 g/mol. The summed E-state index contributed by atoms with van der Waals surface area (Å²) in [6, 6.07) is 3.41. The number of unbranched alkanes of at least 4 members (excludes halogenated alkanes) is 1. The molecule has 0 heterocycles. The van der Waals surface area contributed by atoms with Gasteiger partial charge in [-0.15, -0.1) is 0 Å². The van der Waals surface area contributed by atoms with Crippen LogP contribution in [0.3, 0.4) is 0 Å². The predicted octanol–water partition coefficient (Wildman–Crippen LogP) is 3.69. The first-order valence-corrected chi connectivity index (χ1v) is 7.24. The molecule has 122 valence electrons. The fourth-order valence-electron chi connectivity index (χ4n) is 1.82. The lowest BCUT2D eigenvalue weighted by molar-refractivity contribution is -0.153. The molecule has 0 amide bonds. The van der Waals surface area contributed by atoms with Gasteiger partial charge in [0, 0.05) is 0 Å². The maximum absolute atomic E-state index is 13.5.